The minimum atomic E-state index is -0.541. The van der Waals surface area contributed by atoms with E-state index in [1.165, 1.54) is 24.5 Å². The number of nitrogens with one attached hydrogen (secondary N) is 1. The molecule has 0 aliphatic carbocycles. The number of carbonyl (C=O) groups excluding carboxylic acids is 1. The first-order valence-electron chi connectivity index (χ1n) is 9.67. The number of ether oxygens (including phenoxy) is 2. The maximum atomic E-state index is 13.8. The smallest absolute Gasteiger partial charge is 0.276 e. The maximum absolute atomic E-state index is 13.8. The van der Waals surface area contributed by atoms with Gasteiger partial charge in [0.15, 0.2) is 11.5 Å². The highest BCUT2D eigenvalue weighted by atomic mass is 35.5. The van der Waals surface area contributed by atoms with Crippen LogP contribution < -0.4 is 10.1 Å². The van der Waals surface area contributed by atoms with Crippen LogP contribution in [0.1, 0.15) is 10.5 Å². The van der Waals surface area contributed by atoms with Crippen LogP contribution in [0.4, 0.5) is 10.1 Å². The molecule has 4 aromatic rings. The van der Waals surface area contributed by atoms with Crippen LogP contribution in [-0.2, 0) is 4.74 Å². The van der Waals surface area contributed by atoms with Gasteiger partial charge in [0.1, 0.15) is 23.9 Å². The molecule has 1 N–H and O–H groups in total. The number of amides is 1. The summed E-state index contributed by atoms with van der Waals surface area (Å²) in [5.74, 6) is -0.218. The molecular weight excluding hydrogens is 437 g/mol. The van der Waals surface area contributed by atoms with Gasteiger partial charge in [-0.25, -0.2) is 9.07 Å². The molecule has 0 atom stereocenters. The third-order valence-corrected chi connectivity index (χ3v) is 4.74. The van der Waals surface area contributed by atoms with Crippen molar-refractivity contribution in [3.8, 4) is 22.9 Å². The van der Waals surface area contributed by atoms with Crippen LogP contribution in [0.5, 0.6) is 5.75 Å². The SMILES string of the molecule is COCCOc1ccc(F)cc1NC(=O)c1cc(-c2ccco2)n(-c2cccc(Cl)c2)n1. The van der Waals surface area contributed by atoms with Gasteiger partial charge in [-0.15, -0.1) is 0 Å². The van der Waals surface area contributed by atoms with Gasteiger partial charge in [0, 0.05) is 24.3 Å². The van der Waals surface area contributed by atoms with Gasteiger partial charge in [0.2, 0.25) is 0 Å². The number of nitrogens with zero attached hydrogens (tertiary/aromatic N) is 2. The number of furan rings is 1. The molecule has 0 unspecified atom stereocenters. The van der Waals surface area contributed by atoms with Gasteiger partial charge in [-0.1, -0.05) is 17.7 Å². The Morgan fingerprint density at radius 1 is 1.16 bits per heavy atom. The second-order valence-corrected chi connectivity index (χ2v) is 7.16. The number of hydrogen-bond donors (Lipinski definition) is 1. The second-order valence-electron chi connectivity index (χ2n) is 6.72. The third-order valence-electron chi connectivity index (χ3n) is 4.50. The van der Waals surface area contributed by atoms with Crippen LogP contribution in [0.25, 0.3) is 17.1 Å². The Morgan fingerprint density at radius 2 is 2.03 bits per heavy atom. The van der Waals surface area contributed by atoms with Gasteiger partial charge < -0.3 is 19.2 Å². The van der Waals surface area contributed by atoms with Gasteiger partial charge in [0.05, 0.1) is 24.2 Å². The molecule has 0 radical (unpaired) electrons. The average molecular weight is 456 g/mol. The summed E-state index contributed by atoms with van der Waals surface area (Å²) in [5.41, 5.74) is 1.49. The molecule has 0 spiro atoms. The average Bonchev–Trinajstić information content (AvgIpc) is 3.45. The van der Waals surface area contributed by atoms with Crippen LogP contribution in [0.2, 0.25) is 5.02 Å². The highest BCUT2D eigenvalue weighted by Gasteiger charge is 2.20. The fraction of sp³-hybridized carbons (Fsp3) is 0.130. The minimum Gasteiger partial charge on any atom is -0.489 e. The first kappa shape index (κ1) is 21.6. The first-order valence-corrected chi connectivity index (χ1v) is 10.1. The molecule has 32 heavy (non-hydrogen) atoms. The van der Waals surface area contributed by atoms with E-state index in [0.29, 0.717) is 34.5 Å². The quantitative estimate of drug-likeness (QED) is 0.369. The molecule has 0 fully saturated rings. The molecule has 2 aromatic heterocycles. The summed E-state index contributed by atoms with van der Waals surface area (Å²) < 4.78 is 31.4. The highest BCUT2D eigenvalue weighted by molar-refractivity contribution is 6.30. The summed E-state index contributed by atoms with van der Waals surface area (Å²) in [6.07, 6.45) is 1.53. The van der Waals surface area contributed by atoms with Crippen LogP contribution >= 0.6 is 11.6 Å². The number of rotatable bonds is 8. The summed E-state index contributed by atoms with van der Waals surface area (Å²) in [7, 11) is 1.55. The Bertz CT molecular complexity index is 1220. The summed E-state index contributed by atoms with van der Waals surface area (Å²) in [5, 5.41) is 7.62. The molecule has 0 aliphatic rings. The van der Waals surface area contributed by atoms with Crippen molar-refractivity contribution >= 4 is 23.2 Å². The Labute approximate surface area is 188 Å². The van der Waals surface area contributed by atoms with Crippen LogP contribution in [0.3, 0.4) is 0 Å². The topological polar surface area (TPSA) is 78.5 Å². The fourth-order valence-electron chi connectivity index (χ4n) is 3.04. The van der Waals surface area contributed by atoms with Gasteiger partial charge in [-0.3, -0.25) is 4.79 Å². The monoisotopic (exact) mass is 455 g/mol. The number of carbonyl (C=O) groups is 1. The standard InChI is InChI=1S/C23H19ClFN3O4/c1-30-10-11-32-21-8-7-16(25)13-18(21)26-23(29)19-14-20(22-6-3-9-31-22)28(27-19)17-5-2-4-15(24)12-17/h2-9,12-14H,10-11H2,1H3,(H,26,29). The molecule has 0 bridgehead atoms. The lowest BCUT2D eigenvalue weighted by atomic mass is 10.2. The zero-order valence-electron chi connectivity index (χ0n) is 17.0. The zero-order chi connectivity index (χ0) is 22.5. The predicted octanol–water partition coefficient (Wildman–Crippen LogP) is 5.20. The molecule has 0 aliphatic heterocycles. The number of hydrogen-bond acceptors (Lipinski definition) is 5. The van der Waals surface area contributed by atoms with Crippen molar-refractivity contribution in [2.75, 3.05) is 25.6 Å². The summed E-state index contributed by atoms with van der Waals surface area (Å²) in [6, 6.07) is 16.0. The van der Waals surface area contributed by atoms with Crippen molar-refractivity contribution in [2.24, 2.45) is 0 Å². The number of benzene rings is 2. The van der Waals surface area contributed by atoms with E-state index in [9.17, 15) is 9.18 Å². The zero-order valence-corrected chi connectivity index (χ0v) is 17.8. The van der Waals surface area contributed by atoms with Crippen molar-refractivity contribution in [2.45, 2.75) is 0 Å². The molecule has 0 saturated heterocycles. The van der Waals surface area contributed by atoms with E-state index in [-0.39, 0.29) is 18.0 Å². The van der Waals surface area contributed by atoms with Gasteiger partial charge in [-0.05, 0) is 42.5 Å². The Balaban J connectivity index is 1.67. The predicted molar refractivity (Wildman–Crippen MR) is 118 cm³/mol. The molecule has 0 saturated carbocycles. The normalized spacial score (nSPS) is 10.8. The molecular formula is C23H19ClFN3O4. The van der Waals surface area contributed by atoms with Crippen LogP contribution in [0.15, 0.2) is 71.3 Å². The maximum Gasteiger partial charge on any atom is 0.276 e. The molecule has 9 heteroatoms. The van der Waals surface area contributed by atoms with Gasteiger partial charge >= 0.3 is 0 Å². The third kappa shape index (κ3) is 4.82. The second kappa shape index (κ2) is 9.67. The van der Waals surface area contributed by atoms with Crippen molar-refractivity contribution in [3.05, 3.63) is 83.5 Å². The molecule has 1 amide bonds. The van der Waals surface area contributed by atoms with Crippen LogP contribution in [0, 0.1) is 5.82 Å². The molecule has 4 rings (SSSR count). The van der Waals surface area contributed by atoms with E-state index in [0.717, 1.165) is 0 Å². The first-order chi connectivity index (χ1) is 15.5. The Morgan fingerprint density at radius 3 is 2.78 bits per heavy atom. The lowest BCUT2D eigenvalue weighted by molar-refractivity contribution is 0.102. The van der Waals surface area contributed by atoms with Gasteiger partial charge in [0.25, 0.3) is 5.91 Å². The van der Waals surface area contributed by atoms with E-state index in [1.54, 1.807) is 54.3 Å². The van der Waals surface area contributed by atoms with E-state index in [1.807, 2.05) is 0 Å². The van der Waals surface area contributed by atoms with E-state index in [2.05, 4.69) is 10.4 Å². The van der Waals surface area contributed by atoms with E-state index in [4.69, 9.17) is 25.5 Å². The van der Waals surface area contributed by atoms with Crippen molar-refractivity contribution in [1.82, 2.24) is 9.78 Å². The number of aromatic nitrogens is 2. The van der Waals surface area contributed by atoms with E-state index >= 15 is 0 Å². The molecule has 2 aromatic carbocycles. The van der Waals surface area contributed by atoms with Gasteiger partial charge in [-0.2, -0.15) is 5.10 Å². The lowest BCUT2D eigenvalue weighted by Crippen LogP contribution is -2.15. The number of methoxy groups -OCH3 is 1. The molecule has 164 valence electrons. The molecule has 7 nitrogen and oxygen atoms in total. The fourth-order valence-corrected chi connectivity index (χ4v) is 3.23. The van der Waals surface area contributed by atoms with Crippen molar-refractivity contribution in [1.29, 1.82) is 0 Å². The summed E-state index contributed by atoms with van der Waals surface area (Å²) in [4.78, 5) is 13.0. The minimum absolute atomic E-state index is 0.100. The lowest BCUT2D eigenvalue weighted by Gasteiger charge is -2.12. The summed E-state index contributed by atoms with van der Waals surface area (Å²) >= 11 is 6.13. The number of halogens is 2. The summed E-state index contributed by atoms with van der Waals surface area (Å²) in [6.45, 7) is 0.596. The van der Waals surface area contributed by atoms with Crippen LogP contribution in [-0.4, -0.2) is 36.0 Å². The molecule has 2 heterocycles. The van der Waals surface area contributed by atoms with E-state index < -0.39 is 11.7 Å². The highest BCUT2D eigenvalue weighted by Crippen LogP contribution is 2.28. The van der Waals surface area contributed by atoms with Crippen molar-refractivity contribution < 1.29 is 23.1 Å². The Kier molecular flexibility index (Phi) is 6.53. The van der Waals surface area contributed by atoms with Crippen molar-refractivity contribution in [3.63, 3.8) is 0 Å². The number of anilines is 1. The Hall–Kier alpha value is -3.62. The largest absolute Gasteiger partial charge is 0.489 e.